The lowest BCUT2D eigenvalue weighted by molar-refractivity contribution is 0.221. The summed E-state index contributed by atoms with van der Waals surface area (Å²) in [6, 6.07) is 8.03. The number of guanidine groups is 1. The van der Waals surface area contributed by atoms with Gasteiger partial charge in [0, 0.05) is 26.2 Å². The SMILES string of the molecule is CC(C)C1CN(c2nc(Cl)nc3ccsc23)CCN1C(=N)N(C#N)c1cccc2c1CCNC2. The Bertz CT molecular complexity index is 1270. The first kappa shape index (κ1) is 22.8. The molecular weight excluding hydrogens is 468 g/mol. The maximum absolute atomic E-state index is 10.1. The van der Waals surface area contributed by atoms with Crippen molar-refractivity contribution in [3.8, 4) is 6.19 Å². The minimum Gasteiger partial charge on any atom is -0.351 e. The van der Waals surface area contributed by atoms with Crippen molar-refractivity contribution in [2.24, 2.45) is 5.92 Å². The van der Waals surface area contributed by atoms with E-state index in [2.05, 4.69) is 51.2 Å². The van der Waals surface area contributed by atoms with Crippen LogP contribution in [0.4, 0.5) is 11.5 Å². The second kappa shape index (κ2) is 9.37. The Morgan fingerprint density at radius 3 is 2.97 bits per heavy atom. The van der Waals surface area contributed by atoms with Crippen LogP contribution in [-0.4, -0.2) is 53.0 Å². The number of hydrogen-bond acceptors (Lipinski definition) is 7. The lowest BCUT2D eigenvalue weighted by atomic mass is 9.98. The first-order valence-corrected chi connectivity index (χ1v) is 12.8. The van der Waals surface area contributed by atoms with Crippen LogP contribution in [0, 0.1) is 22.8 Å². The van der Waals surface area contributed by atoms with Gasteiger partial charge in [0.2, 0.25) is 11.2 Å². The van der Waals surface area contributed by atoms with E-state index >= 15 is 0 Å². The molecule has 0 amide bonds. The minimum atomic E-state index is 0.0436. The Kier molecular flexibility index (Phi) is 6.30. The van der Waals surface area contributed by atoms with E-state index in [-0.39, 0.29) is 23.2 Å². The van der Waals surface area contributed by atoms with E-state index in [4.69, 9.17) is 17.0 Å². The van der Waals surface area contributed by atoms with Crippen molar-refractivity contribution in [1.82, 2.24) is 20.2 Å². The number of benzene rings is 1. The van der Waals surface area contributed by atoms with Crippen LogP contribution in [0.3, 0.4) is 0 Å². The smallest absolute Gasteiger partial charge is 0.224 e. The van der Waals surface area contributed by atoms with Crippen molar-refractivity contribution in [2.45, 2.75) is 32.9 Å². The maximum Gasteiger partial charge on any atom is 0.224 e. The predicted molar refractivity (Wildman–Crippen MR) is 138 cm³/mol. The number of piperazine rings is 1. The molecule has 0 aliphatic carbocycles. The number of nitrogens with one attached hydrogen (secondary N) is 2. The van der Waals surface area contributed by atoms with Gasteiger partial charge in [-0.3, -0.25) is 5.41 Å². The van der Waals surface area contributed by atoms with Crippen LogP contribution >= 0.6 is 22.9 Å². The highest BCUT2D eigenvalue weighted by Gasteiger charge is 2.35. The number of anilines is 2. The summed E-state index contributed by atoms with van der Waals surface area (Å²) in [5.41, 5.74) is 4.03. The van der Waals surface area contributed by atoms with Gasteiger partial charge in [0.05, 0.1) is 21.9 Å². The van der Waals surface area contributed by atoms with E-state index in [0.717, 1.165) is 46.8 Å². The molecule has 3 aromatic rings. The Hall–Kier alpha value is -2.93. The van der Waals surface area contributed by atoms with E-state index in [0.29, 0.717) is 19.6 Å². The lowest BCUT2D eigenvalue weighted by Gasteiger charge is -2.46. The minimum absolute atomic E-state index is 0.0436. The molecule has 1 unspecified atom stereocenters. The van der Waals surface area contributed by atoms with Gasteiger partial charge in [0.15, 0.2) is 12.0 Å². The Balaban J connectivity index is 1.44. The van der Waals surface area contributed by atoms with Gasteiger partial charge in [-0.1, -0.05) is 26.0 Å². The van der Waals surface area contributed by atoms with Gasteiger partial charge >= 0.3 is 0 Å². The van der Waals surface area contributed by atoms with E-state index in [1.165, 1.54) is 10.5 Å². The summed E-state index contributed by atoms with van der Waals surface area (Å²) in [6.07, 6.45) is 3.14. The lowest BCUT2D eigenvalue weighted by Crippen LogP contribution is -2.60. The van der Waals surface area contributed by atoms with E-state index in [1.54, 1.807) is 11.3 Å². The number of hydrogen-bond donors (Lipinski definition) is 2. The normalized spacial score (nSPS) is 18.1. The predicted octanol–water partition coefficient (Wildman–Crippen LogP) is 4.06. The monoisotopic (exact) mass is 494 g/mol. The summed E-state index contributed by atoms with van der Waals surface area (Å²) in [6.45, 7) is 7.98. The molecule has 2 N–H and O–H groups in total. The summed E-state index contributed by atoms with van der Waals surface area (Å²) < 4.78 is 1.03. The molecule has 0 saturated carbocycles. The average Bonchev–Trinajstić information content (AvgIpc) is 3.32. The third-order valence-corrected chi connectivity index (χ3v) is 7.75. The largest absolute Gasteiger partial charge is 0.351 e. The van der Waals surface area contributed by atoms with Gasteiger partial charge in [-0.05, 0) is 59.1 Å². The second-order valence-corrected chi connectivity index (χ2v) is 10.3. The molecule has 2 aliphatic rings. The van der Waals surface area contributed by atoms with Gasteiger partial charge in [-0.15, -0.1) is 11.3 Å². The summed E-state index contributed by atoms with van der Waals surface area (Å²) >= 11 is 7.84. The topological polar surface area (TPSA) is 95.2 Å². The molecule has 0 radical (unpaired) electrons. The third kappa shape index (κ3) is 4.06. The summed E-state index contributed by atoms with van der Waals surface area (Å²) in [5.74, 6) is 1.35. The molecule has 0 spiro atoms. The van der Waals surface area contributed by atoms with Gasteiger partial charge in [-0.25, -0.2) is 9.88 Å². The molecule has 10 heteroatoms. The van der Waals surface area contributed by atoms with Gasteiger partial charge in [0.1, 0.15) is 0 Å². The van der Waals surface area contributed by atoms with Crippen LogP contribution in [0.1, 0.15) is 25.0 Å². The first-order chi connectivity index (χ1) is 16.5. The number of nitriles is 1. The molecule has 0 bridgehead atoms. The zero-order chi connectivity index (χ0) is 23.8. The third-order valence-electron chi connectivity index (χ3n) is 6.69. The van der Waals surface area contributed by atoms with Gasteiger partial charge in [-0.2, -0.15) is 10.2 Å². The molecule has 2 aromatic heterocycles. The molecule has 8 nitrogen and oxygen atoms in total. The van der Waals surface area contributed by atoms with Gasteiger partial charge in [0.25, 0.3) is 0 Å². The van der Waals surface area contributed by atoms with Crippen molar-refractivity contribution >= 4 is 50.6 Å². The number of fused-ring (bicyclic) bond motifs is 2. The van der Waals surface area contributed by atoms with Crippen molar-refractivity contribution in [2.75, 3.05) is 36.0 Å². The van der Waals surface area contributed by atoms with Crippen molar-refractivity contribution in [1.29, 1.82) is 10.7 Å². The summed E-state index contributed by atoms with van der Waals surface area (Å²) in [7, 11) is 0. The molecule has 1 atom stereocenters. The van der Waals surface area contributed by atoms with Crippen LogP contribution in [0.5, 0.6) is 0 Å². The van der Waals surface area contributed by atoms with Crippen molar-refractivity contribution in [3.05, 3.63) is 46.1 Å². The number of thiophene rings is 1. The molecule has 5 rings (SSSR count). The maximum atomic E-state index is 10.1. The van der Waals surface area contributed by atoms with Gasteiger partial charge < -0.3 is 15.1 Å². The molecule has 1 saturated heterocycles. The zero-order valence-electron chi connectivity index (χ0n) is 19.3. The average molecular weight is 495 g/mol. The Morgan fingerprint density at radius 1 is 1.32 bits per heavy atom. The molecule has 1 fully saturated rings. The number of halogens is 1. The molecule has 1 aromatic carbocycles. The number of rotatable bonds is 3. The molecular formula is C24H27ClN8S. The van der Waals surface area contributed by atoms with Crippen molar-refractivity contribution in [3.63, 3.8) is 0 Å². The van der Waals surface area contributed by atoms with E-state index < -0.39 is 0 Å². The molecule has 176 valence electrons. The first-order valence-electron chi connectivity index (χ1n) is 11.5. The Labute approximate surface area is 208 Å². The fraction of sp³-hybridized carbons (Fsp3) is 0.417. The van der Waals surface area contributed by atoms with Crippen LogP contribution in [0.2, 0.25) is 5.28 Å². The van der Waals surface area contributed by atoms with E-state index in [1.807, 2.05) is 23.6 Å². The van der Waals surface area contributed by atoms with Crippen molar-refractivity contribution < 1.29 is 0 Å². The second-order valence-electron chi connectivity index (χ2n) is 9.00. The quantitative estimate of drug-likeness (QED) is 0.186. The summed E-state index contributed by atoms with van der Waals surface area (Å²) in [5, 5.41) is 24.8. The van der Waals surface area contributed by atoms with Crippen LogP contribution in [0.25, 0.3) is 10.2 Å². The zero-order valence-corrected chi connectivity index (χ0v) is 20.8. The van der Waals surface area contributed by atoms with E-state index in [9.17, 15) is 5.26 Å². The highest BCUT2D eigenvalue weighted by Crippen LogP contribution is 2.33. The number of aromatic nitrogens is 2. The molecule has 34 heavy (non-hydrogen) atoms. The fourth-order valence-electron chi connectivity index (χ4n) is 4.94. The number of nitrogens with zero attached hydrogens (tertiary/aromatic N) is 6. The van der Waals surface area contributed by atoms with Crippen LogP contribution in [-0.2, 0) is 13.0 Å². The molecule has 2 aliphatic heterocycles. The highest BCUT2D eigenvalue weighted by molar-refractivity contribution is 7.17. The molecule has 4 heterocycles. The standard InChI is InChI=1S/C24H27ClN8S/c1-15(2)20-13-31(22-21-18(7-11-34-21)29-23(25)30-22)9-10-32(20)24(27)33(14-26)19-5-3-4-16-12-28-8-6-17(16)19/h3-5,7,11,15,20,27-28H,6,8-10,12-13H2,1-2H3. The van der Waals surface area contributed by atoms with Crippen LogP contribution in [0.15, 0.2) is 29.6 Å². The fourth-order valence-corrected chi connectivity index (χ4v) is 5.95. The highest BCUT2D eigenvalue weighted by atomic mass is 35.5. The van der Waals surface area contributed by atoms with Crippen LogP contribution < -0.4 is 15.1 Å². The summed E-state index contributed by atoms with van der Waals surface area (Å²) in [4.78, 5) is 14.7. The Morgan fingerprint density at radius 2 is 2.18 bits per heavy atom.